The minimum Gasteiger partial charge on any atom is -0.378 e. The lowest BCUT2D eigenvalue weighted by molar-refractivity contribution is 0.206. The van der Waals surface area contributed by atoms with Crippen LogP contribution in [0.4, 0.5) is 0 Å². The fourth-order valence-corrected chi connectivity index (χ4v) is 5.89. The molecule has 0 amide bonds. The Labute approximate surface area is 245 Å². The van der Waals surface area contributed by atoms with Crippen LogP contribution in [-0.4, -0.2) is 72.6 Å². The largest absolute Gasteiger partial charge is 0.378 e. The number of hydrogen-bond donors (Lipinski definition) is 0. The third-order valence-corrected chi connectivity index (χ3v) is 8.36. The number of allylic oxidation sites excluding steroid dienone is 2. The molecule has 1 aromatic rings. The molecule has 220 valence electrons. The third-order valence-electron chi connectivity index (χ3n) is 8.36. The molecule has 5 heteroatoms. The molecule has 0 radical (unpaired) electrons. The van der Waals surface area contributed by atoms with Crippen molar-refractivity contribution in [3.8, 4) is 0 Å². The van der Waals surface area contributed by atoms with Crippen molar-refractivity contribution in [1.29, 1.82) is 0 Å². The van der Waals surface area contributed by atoms with Gasteiger partial charge in [0.25, 0.3) is 0 Å². The van der Waals surface area contributed by atoms with Gasteiger partial charge in [0.05, 0.1) is 11.8 Å². The Hall–Kier alpha value is -2.82. The molecule has 1 unspecified atom stereocenters. The summed E-state index contributed by atoms with van der Waals surface area (Å²) in [6.07, 6.45) is 12.6. The number of unbranched alkanes of at least 4 members (excludes halogenated alkanes) is 1. The SMILES string of the molecule is C=C(c1cc(C)ccc1CCCC)N1CCCCC1C(/C=C(C)/N=C(\C=C(/C)N(C)CCC)N1CC(C)C1)=N/C. The molecule has 2 heterocycles. The van der Waals surface area contributed by atoms with E-state index in [0.717, 1.165) is 74.3 Å². The molecule has 0 spiro atoms. The van der Waals surface area contributed by atoms with Gasteiger partial charge in [-0.05, 0) is 89.0 Å². The van der Waals surface area contributed by atoms with Gasteiger partial charge in [-0.1, -0.05) is 51.5 Å². The molecule has 3 rings (SSSR count). The monoisotopic (exact) mass is 545 g/mol. The maximum absolute atomic E-state index is 5.16. The average molecular weight is 546 g/mol. The highest BCUT2D eigenvalue weighted by molar-refractivity contribution is 6.01. The zero-order chi connectivity index (χ0) is 29.2. The van der Waals surface area contributed by atoms with Crippen molar-refractivity contribution in [1.82, 2.24) is 14.7 Å². The Bertz CT molecular complexity index is 1120. The second kappa shape index (κ2) is 15.3. The quantitative estimate of drug-likeness (QED) is 0.199. The fraction of sp³-hybridized carbons (Fsp3) is 0.600. The van der Waals surface area contributed by atoms with Crippen LogP contribution in [0.25, 0.3) is 5.70 Å². The molecule has 5 nitrogen and oxygen atoms in total. The maximum Gasteiger partial charge on any atom is 0.130 e. The lowest BCUT2D eigenvalue weighted by atomic mass is 9.92. The Balaban J connectivity index is 1.90. The van der Waals surface area contributed by atoms with Gasteiger partial charge in [-0.3, -0.25) is 4.99 Å². The van der Waals surface area contributed by atoms with Gasteiger partial charge in [0, 0.05) is 62.9 Å². The normalized spacial score (nSPS) is 19.6. The van der Waals surface area contributed by atoms with Gasteiger partial charge < -0.3 is 14.7 Å². The third kappa shape index (κ3) is 8.34. The van der Waals surface area contributed by atoms with Gasteiger partial charge in [0.15, 0.2) is 0 Å². The molecule has 0 saturated carbocycles. The van der Waals surface area contributed by atoms with Crippen molar-refractivity contribution < 1.29 is 0 Å². The first-order valence-electron chi connectivity index (χ1n) is 15.6. The van der Waals surface area contributed by atoms with Crippen molar-refractivity contribution in [3.05, 3.63) is 65.0 Å². The predicted molar refractivity (Wildman–Crippen MR) is 175 cm³/mol. The standard InChI is InChI=1S/C35H55N5/c1-10-12-15-31-18-17-26(3)21-32(31)30(7)40-20-14-13-16-34(40)33(36-8)22-28(5)37-35(39-24-27(4)25-39)23-29(6)38(9)19-11-2/h17-18,21-23,27,34H,7,10-16,19-20,24-25H2,1-6,8-9H3/b28-22+,29-23+,36-33+,37-35+. The van der Waals surface area contributed by atoms with E-state index in [-0.39, 0.29) is 6.04 Å². The minimum absolute atomic E-state index is 0.219. The van der Waals surface area contributed by atoms with E-state index in [1.807, 2.05) is 7.05 Å². The van der Waals surface area contributed by atoms with Crippen LogP contribution in [0.3, 0.4) is 0 Å². The van der Waals surface area contributed by atoms with Gasteiger partial charge in [-0.2, -0.15) is 0 Å². The average Bonchev–Trinajstić information content (AvgIpc) is 2.92. The van der Waals surface area contributed by atoms with Crippen molar-refractivity contribution in [2.24, 2.45) is 15.9 Å². The Morgan fingerprint density at radius 1 is 1.12 bits per heavy atom. The molecule has 1 aromatic carbocycles. The Morgan fingerprint density at radius 3 is 2.52 bits per heavy atom. The summed E-state index contributed by atoms with van der Waals surface area (Å²) >= 11 is 0. The van der Waals surface area contributed by atoms with Crippen LogP contribution in [-0.2, 0) is 6.42 Å². The number of piperidine rings is 1. The number of aliphatic imine (C=N–C) groups is 2. The van der Waals surface area contributed by atoms with E-state index in [9.17, 15) is 0 Å². The van der Waals surface area contributed by atoms with Gasteiger partial charge >= 0.3 is 0 Å². The molecule has 2 aliphatic heterocycles. The van der Waals surface area contributed by atoms with Gasteiger partial charge in [0.2, 0.25) is 0 Å². The first-order chi connectivity index (χ1) is 19.2. The first-order valence-corrected chi connectivity index (χ1v) is 15.6. The second-order valence-corrected chi connectivity index (χ2v) is 12.0. The van der Waals surface area contributed by atoms with Crippen molar-refractivity contribution in [2.45, 2.75) is 92.5 Å². The van der Waals surface area contributed by atoms with E-state index in [1.165, 1.54) is 48.1 Å². The minimum atomic E-state index is 0.219. The molecular formula is C35H55N5. The Kier molecular flexibility index (Phi) is 12.1. The first kappa shape index (κ1) is 31.7. The smallest absolute Gasteiger partial charge is 0.130 e. The zero-order valence-electron chi connectivity index (χ0n) is 26.8. The molecule has 0 aliphatic carbocycles. The number of rotatable bonds is 12. The summed E-state index contributed by atoms with van der Waals surface area (Å²) in [5, 5.41) is 0. The van der Waals surface area contributed by atoms with E-state index < -0.39 is 0 Å². The van der Waals surface area contributed by atoms with E-state index in [4.69, 9.17) is 9.98 Å². The summed E-state index contributed by atoms with van der Waals surface area (Å²) in [5.74, 6) is 1.78. The number of likely N-dealkylation sites (tertiary alicyclic amines) is 2. The van der Waals surface area contributed by atoms with Crippen molar-refractivity contribution >= 4 is 17.2 Å². The molecule has 2 fully saturated rings. The van der Waals surface area contributed by atoms with Crippen molar-refractivity contribution in [2.75, 3.05) is 40.3 Å². The molecule has 0 N–H and O–H groups in total. The fourth-order valence-electron chi connectivity index (χ4n) is 5.89. The topological polar surface area (TPSA) is 34.4 Å². The number of aryl methyl sites for hydroxylation is 2. The molecule has 0 aromatic heterocycles. The highest BCUT2D eigenvalue weighted by atomic mass is 15.2. The second-order valence-electron chi connectivity index (χ2n) is 12.0. The molecule has 2 saturated heterocycles. The van der Waals surface area contributed by atoms with E-state index in [1.54, 1.807) is 0 Å². The maximum atomic E-state index is 5.16. The van der Waals surface area contributed by atoms with Crippen LogP contribution in [0, 0.1) is 12.8 Å². The zero-order valence-corrected chi connectivity index (χ0v) is 26.8. The Morgan fingerprint density at radius 2 is 1.88 bits per heavy atom. The van der Waals surface area contributed by atoms with Gasteiger partial charge in [-0.25, -0.2) is 4.99 Å². The summed E-state index contributed by atoms with van der Waals surface area (Å²) in [5.41, 5.74) is 8.52. The van der Waals surface area contributed by atoms with Crippen molar-refractivity contribution in [3.63, 3.8) is 0 Å². The summed E-state index contributed by atoms with van der Waals surface area (Å²) in [6, 6.07) is 7.10. The van der Waals surface area contributed by atoms with E-state index >= 15 is 0 Å². The highest BCUT2D eigenvalue weighted by Gasteiger charge is 2.29. The van der Waals surface area contributed by atoms with Crippen LogP contribution in [0.15, 0.2) is 58.3 Å². The van der Waals surface area contributed by atoms with Gasteiger partial charge in [-0.15, -0.1) is 0 Å². The molecule has 0 bridgehead atoms. The van der Waals surface area contributed by atoms with Crippen LogP contribution >= 0.6 is 0 Å². The predicted octanol–water partition coefficient (Wildman–Crippen LogP) is 7.73. The van der Waals surface area contributed by atoms with E-state index in [0.29, 0.717) is 0 Å². The van der Waals surface area contributed by atoms with Crippen LogP contribution in [0.1, 0.15) is 89.8 Å². The number of benzene rings is 1. The number of amidine groups is 1. The van der Waals surface area contributed by atoms with E-state index in [2.05, 4.69) is 100 Å². The summed E-state index contributed by atoms with van der Waals surface area (Å²) in [7, 11) is 4.10. The molecular weight excluding hydrogens is 490 g/mol. The number of nitrogens with zero attached hydrogens (tertiary/aromatic N) is 5. The molecule has 40 heavy (non-hydrogen) atoms. The summed E-state index contributed by atoms with van der Waals surface area (Å²) in [4.78, 5) is 17.2. The summed E-state index contributed by atoms with van der Waals surface area (Å²) < 4.78 is 0. The molecule has 1 atom stereocenters. The van der Waals surface area contributed by atoms with Crippen LogP contribution < -0.4 is 0 Å². The van der Waals surface area contributed by atoms with Crippen LogP contribution in [0.5, 0.6) is 0 Å². The van der Waals surface area contributed by atoms with Gasteiger partial charge in [0.1, 0.15) is 5.84 Å². The highest BCUT2D eigenvalue weighted by Crippen LogP contribution is 2.31. The lowest BCUT2D eigenvalue weighted by Gasteiger charge is -2.40. The summed E-state index contributed by atoms with van der Waals surface area (Å²) in [6.45, 7) is 22.2. The molecule has 2 aliphatic rings. The van der Waals surface area contributed by atoms with Crippen LogP contribution in [0.2, 0.25) is 0 Å². The lowest BCUT2D eigenvalue weighted by Crippen LogP contribution is -2.48. The number of hydrogen-bond acceptors (Lipinski definition) is 4.